The number of hydrogen-bond acceptors (Lipinski definition) is 2. The third kappa shape index (κ3) is 1.58. The van der Waals surface area contributed by atoms with Crippen molar-refractivity contribution in [3.05, 3.63) is 29.3 Å². The van der Waals surface area contributed by atoms with Gasteiger partial charge >= 0.3 is 0 Å². The van der Waals surface area contributed by atoms with Crippen LogP contribution in [0.1, 0.15) is 18.1 Å². The Morgan fingerprint density at radius 2 is 2.09 bits per heavy atom. The summed E-state index contributed by atoms with van der Waals surface area (Å²) in [4.78, 5) is 0. The van der Waals surface area contributed by atoms with E-state index in [1.165, 1.54) is 0 Å². The molecule has 2 heteroatoms. The van der Waals surface area contributed by atoms with Gasteiger partial charge in [0.15, 0.2) is 0 Å². The number of phenols is 1. The SMILES string of the molecule is CC(=N)c1ccc(O)c(C)c1. The smallest absolute Gasteiger partial charge is 0.118 e. The minimum absolute atomic E-state index is 0.287. The monoisotopic (exact) mass is 149 g/mol. The molecule has 58 valence electrons. The van der Waals surface area contributed by atoms with E-state index in [4.69, 9.17) is 10.5 Å². The summed E-state index contributed by atoms with van der Waals surface area (Å²) in [5, 5.41) is 16.5. The van der Waals surface area contributed by atoms with Gasteiger partial charge in [-0.05, 0) is 43.2 Å². The molecule has 0 heterocycles. The van der Waals surface area contributed by atoms with Crippen LogP contribution in [0.15, 0.2) is 18.2 Å². The van der Waals surface area contributed by atoms with Gasteiger partial charge in [0.05, 0.1) is 0 Å². The first-order chi connectivity index (χ1) is 5.11. The highest BCUT2D eigenvalue weighted by molar-refractivity contribution is 5.96. The highest BCUT2D eigenvalue weighted by Crippen LogP contribution is 2.16. The lowest BCUT2D eigenvalue weighted by atomic mass is 10.1. The second kappa shape index (κ2) is 2.74. The summed E-state index contributed by atoms with van der Waals surface area (Å²) in [6, 6.07) is 5.16. The number of aryl methyl sites for hydroxylation is 1. The maximum absolute atomic E-state index is 9.16. The van der Waals surface area contributed by atoms with Crippen molar-refractivity contribution in [1.82, 2.24) is 0 Å². The highest BCUT2D eigenvalue weighted by atomic mass is 16.3. The van der Waals surface area contributed by atoms with E-state index in [2.05, 4.69) is 0 Å². The van der Waals surface area contributed by atoms with E-state index >= 15 is 0 Å². The molecule has 2 nitrogen and oxygen atoms in total. The summed E-state index contributed by atoms with van der Waals surface area (Å²) >= 11 is 0. The zero-order valence-electron chi connectivity index (χ0n) is 6.68. The quantitative estimate of drug-likeness (QED) is 0.590. The Morgan fingerprint density at radius 3 is 2.55 bits per heavy atom. The summed E-state index contributed by atoms with van der Waals surface area (Å²) in [6.45, 7) is 3.55. The molecule has 11 heavy (non-hydrogen) atoms. The maximum Gasteiger partial charge on any atom is 0.118 e. The highest BCUT2D eigenvalue weighted by Gasteiger charge is 1.98. The van der Waals surface area contributed by atoms with Crippen molar-refractivity contribution in [2.45, 2.75) is 13.8 Å². The van der Waals surface area contributed by atoms with Gasteiger partial charge in [0.2, 0.25) is 0 Å². The Kier molecular flexibility index (Phi) is 1.94. The van der Waals surface area contributed by atoms with Crippen molar-refractivity contribution in [2.75, 3.05) is 0 Å². The van der Waals surface area contributed by atoms with E-state index in [1.807, 2.05) is 6.92 Å². The van der Waals surface area contributed by atoms with E-state index in [9.17, 15) is 0 Å². The average Bonchev–Trinajstić information content (AvgIpc) is 1.94. The first-order valence-electron chi connectivity index (χ1n) is 3.46. The van der Waals surface area contributed by atoms with Gasteiger partial charge < -0.3 is 10.5 Å². The van der Waals surface area contributed by atoms with E-state index in [0.29, 0.717) is 5.71 Å². The Hall–Kier alpha value is -1.31. The van der Waals surface area contributed by atoms with Gasteiger partial charge in [0, 0.05) is 5.71 Å². The zero-order valence-corrected chi connectivity index (χ0v) is 6.68. The van der Waals surface area contributed by atoms with E-state index in [0.717, 1.165) is 11.1 Å². The lowest BCUT2D eigenvalue weighted by Crippen LogP contribution is -1.91. The fraction of sp³-hybridized carbons (Fsp3) is 0.222. The number of hydrogen-bond donors (Lipinski definition) is 2. The number of rotatable bonds is 1. The molecule has 0 atom stereocenters. The van der Waals surface area contributed by atoms with E-state index in [-0.39, 0.29) is 5.75 Å². The lowest BCUT2D eigenvalue weighted by molar-refractivity contribution is 0.471. The van der Waals surface area contributed by atoms with Gasteiger partial charge in [-0.15, -0.1) is 0 Å². The number of nitrogens with one attached hydrogen (secondary N) is 1. The minimum Gasteiger partial charge on any atom is -0.508 e. The summed E-state index contributed by atoms with van der Waals surface area (Å²) in [5.41, 5.74) is 2.20. The predicted molar refractivity (Wildman–Crippen MR) is 45.3 cm³/mol. The van der Waals surface area contributed by atoms with Crippen LogP contribution in [0.25, 0.3) is 0 Å². The molecule has 0 unspecified atom stereocenters. The van der Waals surface area contributed by atoms with E-state index in [1.54, 1.807) is 25.1 Å². The van der Waals surface area contributed by atoms with E-state index < -0.39 is 0 Å². The van der Waals surface area contributed by atoms with Gasteiger partial charge in [-0.25, -0.2) is 0 Å². The van der Waals surface area contributed by atoms with Crippen molar-refractivity contribution in [1.29, 1.82) is 5.41 Å². The van der Waals surface area contributed by atoms with Crippen LogP contribution in [0.3, 0.4) is 0 Å². The van der Waals surface area contributed by atoms with Crippen LogP contribution in [0.5, 0.6) is 5.75 Å². The summed E-state index contributed by atoms with van der Waals surface area (Å²) in [5.74, 6) is 0.287. The van der Waals surface area contributed by atoms with Crippen molar-refractivity contribution in [3.63, 3.8) is 0 Å². The standard InChI is InChI=1S/C9H11NO/c1-6-5-8(7(2)10)3-4-9(6)11/h3-5,10-11H,1-2H3. The molecule has 0 bridgehead atoms. The molecular weight excluding hydrogens is 138 g/mol. The molecule has 0 radical (unpaired) electrons. The molecule has 2 N–H and O–H groups in total. The molecule has 0 saturated heterocycles. The molecule has 1 aromatic carbocycles. The molecule has 1 aromatic rings. The van der Waals surface area contributed by atoms with Crippen molar-refractivity contribution >= 4 is 5.71 Å². The molecule has 0 aromatic heterocycles. The maximum atomic E-state index is 9.16. The second-order valence-corrected chi connectivity index (χ2v) is 2.63. The summed E-state index contributed by atoms with van der Waals surface area (Å²) in [6.07, 6.45) is 0. The molecular formula is C9H11NO. The molecule has 1 rings (SSSR count). The number of phenolic OH excluding ortho intramolecular Hbond substituents is 1. The molecule has 0 aliphatic carbocycles. The van der Waals surface area contributed by atoms with Crippen LogP contribution < -0.4 is 0 Å². The van der Waals surface area contributed by atoms with Crippen molar-refractivity contribution in [3.8, 4) is 5.75 Å². The van der Waals surface area contributed by atoms with Gasteiger partial charge in [-0.1, -0.05) is 0 Å². The fourth-order valence-corrected chi connectivity index (χ4v) is 0.889. The van der Waals surface area contributed by atoms with Crippen LogP contribution in [-0.4, -0.2) is 10.8 Å². The molecule has 0 saturated carbocycles. The molecule has 0 aliphatic heterocycles. The second-order valence-electron chi connectivity index (χ2n) is 2.63. The molecule has 0 fully saturated rings. The Morgan fingerprint density at radius 1 is 1.45 bits per heavy atom. The van der Waals surface area contributed by atoms with Gasteiger partial charge in [0.25, 0.3) is 0 Å². The topological polar surface area (TPSA) is 44.1 Å². The van der Waals surface area contributed by atoms with Gasteiger partial charge in [-0.3, -0.25) is 0 Å². The zero-order chi connectivity index (χ0) is 8.43. The Labute approximate surface area is 66.0 Å². The van der Waals surface area contributed by atoms with Crippen LogP contribution in [-0.2, 0) is 0 Å². The third-order valence-electron chi connectivity index (χ3n) is 1.63. The van der Waals surface area contributed by atoms with Crippen LogP contribution in [0, 0.1) is 12.3 Å². The van der Waals surface area contributed by atoms with Crippen LogP contribution >= 0.6 is 0 Å². The first-order valence-corrected chi connectivity index (χ1v) is 3.46. The van der Waals surface area contributed by atoms with Crippen molar-refractivity contribution < 1.29 is 5.11 Å². The lowest BCUT2D eigenvalue weighted by Gasteiger charge is -2.01. The largest absolute Gasteiger partial charge is 0.508 e. The van der Waals surface area contributed by atoms with Gasteiger partial charge in [-0.2, -0.15) is 0 Å². The van der Waals surface area contributed by atoms with Crippen LogP contribution in [0.4, 0.5) is 0 Å². The molecule has 0 amide bonds. The summed E-state index contributed by atoms with van der Waals surface area (Å²) in [7, 11) is 0. The molecule has 0 aliphatic rings. The number of aromatic hydroxyl groups is 1. The third-order valence-corrected chi connectivity index (χ3v) is 1.63. The first kappa shape index (κ1) is 7.79. The molecule has 0 spiro atoms. The predicted octanol–water partition coefficient (Wildman–Crippen LogP) is 2.09. The Bertz CT molecular complexity index is 292. The van der Waals surface area contributed by atoms with Crippen molar-refractivity contribution in [2.24, 2.45) is 0 Å². The average molecular weight is 149 g/mol. The van der Waals surface area contributed by atoms with Gasteiger partial charge in [0.1, 0.15) is 5.75 Å². The Balaban J connectivity index is 3.15. The minimum atomic E-state index is 0.287. The number of benzene rings is 1. The fourth-order valence-electron chi connectivity index (χ4n) is 0.889. The summed E-state index contributed by atoms with van der Waals surface area (Å²) < 4.78 is 0. The normalized spacial score (nSPS) is 9.64. The van der Waals surface area contributed by atoms with Crippen LogP contribution in [0.2, 0.25) is 0 Å².